The first-order valence-corrected chi connectivity index (χ1v) is 15.3. The second kappa shape index (κ2) is 16.4. The Kier molecular flexibility index (Phi) is 13.0. The maximum absolute atomic E-state index is 12.3. The summed E-state index contributed by atoms with van der Waals surface area (Å²) in [6.07, 6.45) is 16.7. The highest BCUT2D eigenvalue weighted by Crippen LogP contribution is 2.43. The van der Waals surface area contributed by atoms with E-state index >= 15 is 0 Å². The highest BCUT2D eigenvalue weighted by molar-refractivity contribution is 5.93. The Hall–Kier alpha value is -2.90. The molecule has 1 aromatic rings. The molecule has 2 aliphatic rings. The lowest BCUT2D eigenvalue weighted by molar-refractivity contribution is -0.149. The van der Waals surface area contributed by atoms with Crippen LogP contribution in [0.1, 0.15) is 98.3 Å². The van der Waals surface area contributed by atoms with Gasteiger partial charge in [-0.25, -0.2) is 4.98 Å². The molecule has 8 heteroatoms. The number of carbonyl (C=O) groups is 3. The number of rotatable bonds is 18. The largest absolute Gasteiger partial charge is 0.493 e. The van der Waals surface area contributed by atoms with E-state index in [9.17, 15) is 14.4 Å². The Morgan fingerprint density at radius 1 is 0.775 bits per heavy atom. The maximum atomic E-state index is 12.3. The van der Waals surface area contributed by atoms with Gasteiger partial charge in [-0.15, -0.1) is 0 Å². The van der Waals surface area contributed by atoms with Crippen LogP contribution in [0, 0.1) is 29.6 Å². The van der Waals surface area contributed by atoms with Crippen LogP contribution in [0.4, 0.5) is 11.6 Å². The van der Waals surface area contributed by atoms with E-state index in [1.807, 2.05) is 27.7 Å². The molecule has 0 saturated heterocycles. The topological polar surface area (TPSA) is 107 Å². The van der Waals surface area contributed by atoms with Crippen molar-refractivity contribution in [1.29, 1.82) is 0 Å². The van der Waals surface area contributed by atoms with Crippen LogP contribution in [0.15, 0.2) is 24.3 Å². The number of anilines is 2. The van der Waals surface area contributed by atoms with Gasteiger partial charge in [0.1, 0.15) is 17.4 Å². The molecule has 1 aromatic heterocycles. The number of esters is 1. The summed E-state index contributed by atoms with van der Waals surface area (Å²) >= 11 is 0. The summed E-state index contributed by atoms with van der Waals surface area (Å²) in [5.41, 5.74) is 0. The van der Waals surface area contributed by atoms with E-state index < -0.39 is 0 Å². The zero-order chi connectivity index (χ0) is 28.9. The molecule has 2 bridgehead atoms. The van der Waals surface area contributed by atoms with E-state index in [2.05, 4.69) is 27.8 Å². The summed E-state index contributed by atoms with van der Waals surface area (Å²) in [4.78, 5) is 40.9. The molecule has 3 unspecified atom stereocenters. The van der Waals surface area contributed by atoms with Crippen LogP contribution in [-0.2, 0) is 19.1 Å². The summed E-state index contributed by atoms with van der Waals surface area (Å²) in [5, 5.41) is 5.57. The number of fused-ring (bicyclic) bond motifs is 2. The van der Waals surface area contributed by atoms with Gasteiger partial charge in [-0.3, -0.25) is 14.4 Å². The Labute approximate surface area is 240 Å². The van der Waals surface area contributed by atoms with Gasteiger partial charge >= 0.3 is 5.97 Å². The fourth-order valence-electron chi connectivity index (χ4n) is 5.22. The number of nitrogens with zero attached hydrogens (tertiary/aromatic N) is 1. The average molecular weight is 556 g/mol. The molecule has 0 radical (unpaired) electrons. The first-order valence-electron chi connectivity index (χ1n) is 15.3. The fraction of sp³-hybridized carbons (Fsp3) is 0.688. The van der Waals surface area contributed by atoms with Crippen molar-refractivity contribution in [2.45, 2.75) is 98.3 Å². The molecule has 0 aromatic carbocycles. The SMILES string of the molecule is CC(C)C(=O)Nc1cc(OCCCCCCCCCCCOC(=O)C2CC3C=CC2C3)cc(NC(=O)C(C)C)n1. The molecule has 0 spiro atoms. The van der Waals surface area contributed by atoms with Crippen molar-refractivity contribution in [3.63, 3.8) is 0 Å². The summed E-state index contributed by atoms with van der Waals surface area (Å²) in [5.74, 6) is 1.82. The van der Waals surface area contributed by atoms with Gasteiger partial charge < -0.3 is 20.1 Å². The lowest BCUT2D eigenvalue weighted by Gasteiger charge is -2.16. The number of unbranched alkanes of at least 4 members (excludes halogenated alkanes) is 8. The number of nitrogens with one attached hydrogen (secondary N) is 2. The van der Waals surface area contributed by atoms with Crippen LogP contribution in [0.25, 0.3) is 0 Å². The van der Waals surface area contributed by atoms with Gasteiger partial charge in [0.2, 0.25) is 11.8 Å². The molecule has 222 valence electrons. The minimum absolute atomic E-state index is 0.0152. The highest BCUT2D eigenvalue weighted by Gasteiger charge is 2.40. The van der Waals surface area contributed by atoms with Gasteiger partial charge in [0, 0.05) is 24.0 Å². The van der Waals surface area contributed by atoms with Crippen LogP contribution in [0.5, 0.6) is 5.75 Å². The molecule has 1 heterocycles. The number of amides is 2. The van der Waals surface area contributed by atoms with Crippen molar-refractivity contribution in [3.05, 3.63) is 24.3 Å². The van der Waals surface area contributed by atoms with Crippen LogP contribution in [0.3, 0.4) is 0 Å². The third-order valence-electron chi connectivity index (χ3n) is 7.73. The van der Waals surface area contributed by atoms with Crippen molar-refractivity contribution in [2.75, 3.05) is 23.8 Å². The van der Waals surface area contributed by atoms with Crippen LogP contribution in [-0.4, -0.2) is 36.0 Å². The predicted octanol–water partition coefficient (Wildman–Crippen LogP) is 6.92. The molecular formula is C32H49N3O5. The molecule has 2 amide bonds. The third kappa shape index (κ3) is 10.6. The number of hydrogen-bond acceptors (Lipinski definition) is 6. The van der Waals surface area contributed by atoms with Crippen molar-refractivity contribution >= 4 is 29.4 Å². The van der Waals surface area contributed by atoms with Crippen molar-refractivity contribution in [2.24, 2.45) is 29.6 Å². The minimum atomic E-state index is -0.181. The van der Waals surface area contributed by atoms with Crippen LogP contribution in [0.2, 0.25) is 0 Å². The molecule has 8 nitrogen and oxygen atoms in total. The molecule has 0 aliphatic heterocycles. The highest BCUT2D eigenvalue weighted by atomic mass is 16.5. The van der Waals surface area contributed by atoms with Gasteiger partial charge in [0.05, 0.1) is 19.1 Å². The van der Waals surface area contributed by atoms with Gasteiger partial charge in [-0.05, 0) is 37.5 Å². The van der Waals surface area contributed by atoms with Gasteiger partial charge in [-0.1, -0.05) is 84.8 Å². The molecule has 2 N–H and O–H groups in total. The Balaban J connectivity index is 1.22. The van der Waals surface area contributed by atoms with Crippen LogP contribution >= 0.6 is 0 Å². The second-order valence-corrected chi connectivity index (χ2v) is 11.9. The minimum Gasteiger partial charge on any atom is -0.493 e. The lowest BCUT2D eigenvalue weighted by Crippen LogP contribution is -2.21. The summed E-state index contributed by atoms with van der Waals surface area (Å²) < 4.78 is 11.5. The number of pyridine rings is 1. The van der Waals surface area contributed by atoms with Gasteiger partial charge in [0.15, 0.2) is 0 Å². The Morgan fingerprint density at radius 2 is 1.30 bits per heavy atom. The van der Waals surface area contributed by atoms with Gasteiger partial charge in [-0.2, -0.15) is 0 Å². The molecule has 40 heavy (non-hydrogen) atoms. The average Bonchev–Trinajstić information content (AvgIpc) is 3.55. The van der Waals surface area contributed by atoms with Crippen molar-refractivity contribution in [3.8, 4) is 5.75 Å². The first kappa shape index (κ1) is 31.6. The number of allylic oxidation sites excluding steroid dienone is 2. The smallest absolute Gasteiger partial charge is 0.309 e. The fourth-order valence-corrected chi connectivity index (χ4v) is 5.22. The molecule has 1 fully saturated rings. The Morgan fingerprint density at radius 3 is 1.77 bits per heavy atom. The van der Waals surface area contributed by atoms with Crippen molar-refractivity contribution in [1.82, 2.24) is 4.98 Å². The van der Waals surface area contributed by atoms with Crippen molar-refractivity contribution < 1.29 is 23.9 Å². The summed E-state index contributed by atoms with van der Waals surface area (Å²) in [6, 6.07) is 3.39. The molecule has 3 atom stereocenters. The van der Waals surface area contributed by atoms with Gasteiger partial charge in [0.25, 0.3) is 0 Å². The predicted molar refractivity (Wildman–Crippen MR) is 158 cm³/mol. The number of carbonyl (C=O) groups excluding carboxylic acids is 3. The zero-order valence-corrected chi connectivity index (χ0v) is 24.9. The van der Waals surface area contributed by atoms with E-state index in [0.717, 1.165) is 38.5 Å². The Bertz CT molecular complexity index is 966. The number of aromatic nitrogens is 1. The standard InChI is InChI=1S/C32H49N3O5/c1-22(2)30(36)34-28-20-26(21-29(33-28)35-31(37)23(3)4)39-16-12-10-8-6-5-7-9-11-13-17-40-32(38)27-19-24-14-15-25(27)18-24/h14-15,20-25,27H,5-13,16-19H2,1-4H3,(H2,33,34,35,36,37). The molecule has 2 aliphatic carbocycles. The normalized spacial score (nSPS) is 19.3. The molecule has 3 rings (SSSR count). The third-order valence-corrected chi connectivity index (χ3v) is 7.73. The zero-order valence-electron chi connectivity index (χ0n) is 24.9. The van der Waals surface area contributed by atoms with Crippen LogP contribution < -0.4 is 15.4 Å². The molecule has 1 saturated carbocycles. The van der Waals surface area contributed by atoms with E-state index in [1.165, 1.54) is 32.1 Å². The monoisotopic (exact) mass is 555 g/mol. The van der Waals surface area contributed by atoms with E-state index in [-0.39, 0.29) is 35.5 Å². The quantitative estimate of drug-likeness (QED) is 0.116. The number of ether oxygens (including phenoxy) is 2. The second-order valence-electron chi connectivity index (χ2n) is 11.9. The van der Waals surface area contributed by atoms with E-state index in [0.29, 0.717) is 42.4 Å². The number of hydrogen-bond donors (Lipinski definition) is 2. The summed E-state index contributed by atoms with van der Waals surface area (Å²) in [6.45, 7) is 8.38. The summed E-state index contributed by atoms with van der Waals surface area (Å²) in [7, 11) is 0. The first-order chi connectivity index (χ1) is 19.2. The van der Waals surface area contributed by atoms with E-state index in [4.69, 9.17) is 9.47 Å². The van der Waals surface area contributed by atoms with E-state index in [1.54, 1.807) is 12.1 Å². The maximum Gasteiger partial charge on any atom is 0.309 e. The lowest BCUT2D eigenvalue weighted by atomic mass is 9.94. The molecular weight excluding hydrogens is 506 g/mol.